The number of carbonyl (C=O) groups is 2. The molecule has 3 rings (SSSR count). The van der Waals surface area contributed by atoms with E-state index >= 15 is 0 Å². The fourth-order valence-corrected chi connectivity index (χ4v) is 6.39. The summed E-state index contributed by atoms with van der Waals surface area (Å²) in [4.78, 5) is 23.5. The van der Waals surface area contributed by atoms with E-state index in [1.807, 2.05) is 6.26 Å². The molecular weight excluding hydrogens is 350 g/mol. The maximum atomic E-state index is 12.2. The molecule has 1 amide bonds. The van der Waals surface area contributed by atoms with Gasteiger partial charge < -0.3 is 15.2 Å². The average Bonchev–Trinajstić information content (AvgIpc) is 2.97. The molecule has 6 heteroatoms. The van der Waals surface area contributed by atoms with Crippen LogP contribution in [0.3, 0.4) is 0 Å². The average molecular weight is 384 g/mol. The monoisotopic (exact) mass is 383 g/mol. The van der Waals surface area contributed by atoms with Gasteiger partial charge in [-0.15, -0.1) is 0 Å². The zero-order valence-corrected chi connectivity index (χ0v) is 16.6. The number of carbonyl (C=O) groups excluding carboxylic acids is 1. The van der Waals surface area contributed by atoms with E-state index in [9.17, 15) is 14.7 Å². The van der Waals surface area contributed by atoms with Crippen molar-refractivity contribution in [2.45, 2.75) is 63.8 Å². The lowest BCUT2D eigenvalue weighted by molar-refractivity contribution is -0.139. The number of carboxylic acids is 1. The SMILES string of the molecule is CSCCC(NC(=O)OCC1C2CCCCC2C2CCCCC21)C(=O)O. The second kappa shape index (κ2) is 9.34. The molecule has 3 aliphatic carbocycles. The molecule has 0 saturated heterocycles. The molecule has 0 heterocycles. The highest BCUT2D eigenvalue weighted by Gasteiger charge is 2.51. The standard InChI is InChI=1S/C20H33NO4S/c1-26-11-10-18(19(22)23)21-20(24)25-12-17-15-8-4-2-6-13(15)14-7-3-5-9-16(14)17/h13-18H,2-12H2,1H3,(H,21,24)(H,22,23). The van der Waals surface area contributed by atoms with Crippen LogP contribution < -0.4 is 5.32 Å². The number of fused-ring (bicyclic) bond motifs is 3. The van der Waals surface area contributed by atoms with Crippen LogP contribution in [0.5, 0.6) is 0 Å². The van der Waals surface area contributed by atoms with Crippen molar-refractivity contribution in [3.63, 3.8) is 0 Å². The first kappa shape index (κ1) is 19.8. The first-order chi connectivity index (χ1) is 12.6. The van der Waals surface area contributed by atoms with Crippen molar-refractivity contribution < 1.29 is 19.4 Å². The molecule has 0 aromatic heterocycles. The summed E-state index contributed by atoms with van der Waals surface area (Å²) in [7, 11) is 0. The van der Waals surface area contributed by atoms with E-state index in [1.165, 1.54) is 51.4 Å². The van der Waals surface area contributed by atoms with Gasteiger partial charge in [0.05, 0.1) is 6.61 Å². The molecule has 5 atom stereocenters. The van der Waals surface area contributed by atoms with Gasteiger partial charge in [-0.25, -0.2) is 9.59 Å². The predicted octanol–water partition coefficient (Wildman–Crippen LogP) is 4.16. The molecule has 5 nitrogen and oxygen atoms in total. The normalized spacial score (nSPS) is 34.4. The number of nitrogens with one attached hydrogen (secondary N) is 1. The Morgan fingerprint density at radius 1 is 1.04 bits per heavy atom. The lowest BCUT2D eigenvalue weighted by atomic mass is 9.73. The van der Waals surface area contributed by atoms with Crippen molar-refractivity contribution in [1.29, 1.82) is 0 Å². The van der Waals surface area contributed by atoms with Gasteiger partial charge in [-0.1, -0.05) is 25.7 Å². The maximum absolute atomic E-state index is 12.2. The van der Waals surface area contributed by atoms with Crippen molar-refractivity contribution in [3.8, 4) is 0 Å². The zero-order valence-electron chi connectivity index (χ0n) is 15.8. The molecule has 26 heavy (non-hydrogen) atoms. The van der Waals surface area contributed by atoms with Gasteiger partial charge in [-0.2, -0.15) is 11.8 Å². The predicted molar refractivity (Wildman–Crippen MR) is 103 cm³/mol. The van der Waals surface area contributed by atoms with Crippen LogP contribution in [0.25, 0.3) is 0 Å². The highest BCUT2D eigenvalue weighted by atomic mass is 32.2. The van der Waals surface area contributed by atoms with Crippen LogP contribution in [0.4, 0.5) is 4.79 Å². The van der Waals surface area contributed by atoms with Crippen LogP contribution in [0.15, 0.2) is 0 Å². The number of ether oxygens (including phenoxy) is 1. The molecule has 148 valence electrons. The first-order valence-corrected chi connectivity index (χ1v) is 11.7. The second-order valence-corrected chi connectivity index (χ2v) is 9.29. The fourth-order valence-electron chi connectivity index (χ4n) is 5.92. The van der Waals surface area contributed by atoms with E-state index < -0.39 is 18.1 Å². The molecular formula is C20H33NO4S. The van der Waals surface area contributed by atoms with Crippen LogP contribution in [0.1, 0.15) is 57.8 Å². The third kappa shape index (κ3) is 4.49. The number of aliphatic carboxylic acids is 1. The van der Waals surface area contributed by atoms with Gasteiger partial charge >= 0.3 is 12.1 Å². The van der Waals surface area contributed by atoms with Crippen LogP contribution >= 0.6 is 11.8 Å². The third-order valence-corrected chi connectivity index (χ3v) is 7.65. The molecule has 0 aliphatic heterocycles. The third-order valence-electron chi connectivity index (χ3n) is 7.01. The van der Waals surface area contributed by atoms with Gasteiger partial charge in [0.25, 0.3) is 0 Å². The first-order valence-electron chi connectivity index (χ1n) is 10.3. The van der Waals surface area contributed by atoms with Gasteiger partial charge in [-0.3, -0.25) is 0 Å². The number of hydrogen-bond donors (Lipinski definition) is 2. The summed E-state index contributed by atoms with van der Waals surface area (Å²) in [5, 5.41) is 11.8. The number of alkyl carbamates (subject to hydrolysis) is 1. The Balaban J connectivity index is 1.55. The summed E-state index contributed by atoms with van der Waals surface area (Å²) < 4.78 is 5.56. The van der Waals surface area contributed by atoms with Crippen LogP contribution in [-0.4, -0.2) is 41.8 Å². The molecule has 0 radical (unpaired) electrons. The van der Waals surface area contributed by atoms with Gasteiger partial charge in [-0.05, 0) is 73.7 Å². The maximum Gasteiger partial charge on any atom is 0.407 e. The summed E-state index contributed by atoms with van der Waals surface area (Å²) in [5.74, 6) is 3.27. The van der Waals surface area contributed by atoms with E-state index in [4.69, 9.17) is 4.74 Å². The molecule has 3 aliphatic rings. The van der Waals surface area contributed by atoms with E-state index in [1.54, 1.807) is 11.8 Å². The number of amides is 1. The van der Waals surface area contributed by atoms with Crippen LogP contribution in [-0.2, 0) is 9.53 Å². The minimum Gasteiger partial charge on any atom is -0.480 e. The minimum atomic E-state index is -0.989. The van der Waals surface area contributed by atoms with Gasteiger partial charge in [0.1, 0.15) is 6.04 Å². The molecule has 3 saturated carbocycles. The van der Waals surface area contributed by atoms with E-state index in [0.717, 1.165) is 11.8 Å². The number of rotatable bonds is 7. The summed E-state index contributed by atoms with van der Waals surface area (Å²) in [5.41, 5.74) is 0. The lowest BCUT2D eigenvalue weighted by Crippen LogP contribution is -2.42. The largest absolute Gasteiger partial charge is 0.480 e. The van der Waals surface area contributed by atoms with E-state index in [0.29, 0.717) is 36.5 Å². The number of thioether (sulfide) groups is 1. The lowest BCUT2D eigenvalue weighted by Gasteiger charge is -2.32. The molecule has 2 N–H and O–H groups in total. The number of carboxylic acid groups (broad SMARTS) is 1. The molecule has 3 fully saturated rings. The molecule has 0 bridgehead atoms. The number of hydrogen-bond acceptors (Lipinski definition) is 4. The van der Waals surface area contributed by atoms with Crippen molar-refractivity contribution in [1.82, 2.24) is 5.32 Å². The van der Waals surface area contributed by atoms with Crippen LogP contribution in [0.2, 0.25) is 0 Å². The van der Waals surface area contributed by atoms with E-state index in [2.05, 4.69) is 5.32 Å². The molecule has 5 unspecified atom stereocenters. The summed E-state index contributed by atoms with van der Waals surface area (Å²) in [6.07, 6.45) is 12.4. The summed E-state index contributed by atoms with van der Waals surface area (Å²) in [6.45, 7) is 0.461. The summed E-state index contributed by atoms with van der Waals surface area (Å²) in [6, 6.07) is -0.858. The molecule has 0 spiro atoms. The Morgan fingerprint density at radius 2 is 1.58 bits per heavy atom. The molecule has 0 aromatic rings. The Labute approximate surface area is 161 Å². The highest BCUT2D eigenvalue weighted by molar-refractivity contribution is 7.98. The summed E-state index contributed by atoms with van der Waals surface area (Å²) >= 11 is 1.58. The highest BCUT2D eigenvalue weighted by Crippen LogP contribution is 2.57. The Bertz CT molecular complexity index is 478. The van der Waals surface area contributed by atoms with Gasteiger partial charge in [0.2, 0.25) is 0 Å². The van der Waals surface area contributed by atoms with Crippen molar-refractivity contribution >= 4 is 23.8 Å². The topological polar surface area (TPSA) is 75.6 Å². The minimum absolute atomic E-state index is 0.421. The Hall–Kier alpha value is -0.910. The van der Waals surface area contributed by atoms with Crippen molar-refractivity contribution in [2.24, 2.45) is 29.6 Å². The smallest absolute Gasteiger partial charge is 0.407 e. The van der Waals surface area contributed by atoms with Gasteiger partial charge in [0.15, 0.2) is 0 Å². The Morgan fingerprint density at radius 3 is 2.08 bits per heavy atom. The Kier molecular flexibility index (Phi) is 7.12. The van der Waals surface area contributed by atoms with Gasteiger partial charge in [0, 0.05) is 0 Å². The van der Waals surface area contributed by atoms with E-state index in [-0.39, 0.29) is 0 Å². The van der Waals surface area contributed by atoms with Crippen molar-refractivity contribution in [3.05, 3.63) is 0 Å². The fraction of sp³-hybridized carbons (Fsp3) is 0.900. The zero-order chi connectivity index (χ0) is 18.5. The van der Waals surface area contributed by atoms with Crippen LogP contribution in [0, 0.1) is 29.6 Å². The van der Waals surface area contributed by atoms with Crippen molar-refractivity contribution in [2.75, 3.05) is 18.6 Å². The second-order valence-electron chi connectivity index (χ2n) is 8.30. The molecule has 0 aromatic carbocycles. The quantitative estimate of drug-likeness (QED) is 0.690.